The zero-order chi connectivity index (χ0) is 16.0. The molecule has 0 amide bonds. The lowest BCUT2D eigenvalue weighted by Gasteiger charge is -1.98. The first-order valence-electron chi connectivity index (χ1n) is 5.19. The highest BCUT2D eigenvalue weighted by Crippen LogP contribution is 2.07. The van der Waals surface area contributed by atoms with E-state index in [1.54, 1.807) is 0 Å². The second-order valence-corrected chi connectivity index (χ2v) is 2.93. The second-order valence-electron chi connectivity index (χ2n) is 2.93. The number of aliphatic hydroxyl groups is 1. The SMILES string of the molecule is C#CCN.C#CCO.O=C(O)c1ccccc1C(=O)O. The van der Waals surface area contributed by atoms with E-state index < -0.39 is 11.9 Å². The van der Waals surface area contributed by atoms with Crippen LogP contribution in [0.15, 0.2) is 24.3 Å². The van der Waals surface area contributed by atoms with Gasteiger partial charge in [0, 0.05) is 0 Å². The summed E-state index contributed by atoms with van der Waals surface area (Å²) in [5.41, 5.74) is 4.41. The van der Waals surface area contributed by atoms with Gasteiger partial charge < -0.3 is 21.1 Å². The Kier molecular flexibility index (Phi) is 12.4. The Morgan fingerprint density at radius 2 is 1.35 bits per heavy atom. The second kappa shape index (κ2) is 12.7. The van der Waals surface area contributed by atoms with Gasteiger partial charge >= 0.3 is 11.9 Å². The molecule has 0 heterocycles. The minimum Gasteiger partial charge on any atom is -0.478 e. The van der Waals surface area contributed by atoms with Crippen molar-refractivity contribution in [2.75, 3.05) is 13.2 Å². The fraction of sp³-hybridized carbons (Fsp3) is 0.143. The summed E-state index contributed by atoms with van der Waals surface area (Å²) < 4.78 is 0. The molecule has 1 aromatic carbocycles. The van der Waals surface area contributed by atoms with Gasteiger partial charge in [0.1, 0.15) is 6.61 Å². The molecule has 1 rings (SSSR count). The lowest BCUT2D eigenvalue weighted by molar-refractivity contribution is 0.0651. The van der Waals surface area contributed by atoms with Crippen LogP contribution in [-0.2, 0) is 0 Å². The van der Waals surface area contributed by atoms with E-state index >= 15 is 0 Å². The summed E-state index contributed by atoms with van der Waals surface area (Å²) in [6.45, 7) is 0.194. The third-order valence-corrected chi connectivity index (χ3v) is 1.60. The van der Waals surface area contributed by atoms with E-state index in [1.807, 2.05) is 5.92 Å². The summed E-state index contributed by atoms with van der Waals surface area (Å²) in [6.07, 6.45) is 9.18. The zero-order valence-corrected chi connectivity index (χ0v) is 10.6. The van der Waals surface area contributed by atoms with Crippen molar-refractivity contribution in [3.63, 3.8) is 0 Å². The normalized spacial score (nSPS) is 7.60. The summed E-state index contributed by atoms with van der Waals surface area (Å²) in [5.74, 6) is 1.74. The highest BCUT2D eigenvalue weighted by Gasteiger charge is 2.13. The van der Waals surface area contributed by atoms with Crippen molar-refractivity contribution in [1.82, 2.24) is 0 Å². The molecule has 20 heavy (non-hydrogen) atoms. The number of carboxylic acids is 2. The largest absolute Gasteiger partial charge is 0.478 e. The van der Waals surface area contributed by atoms with Crippen molar-refractivity contribution < 1.29 is 24.9 Å². The topological polar surface area (TPSA) is 121 Å². The fourth-order valence-corrected chi connectivity index (χ4v) is 0.856. The average Bonchev–Trinajstić information content (AvgIpc) is 2.47. The Bertz CT molecular complexity index is 464. The molecule has 0 bridgehead atoms. The van der Waals surface area contributed by atoms with Crippen LogP contribution in [-0.4, -0.2) is 40.4 Å². The third-order valence-electron chi connectivity index (χ3n) is 1.60. The van der Waals surface area contributed by atoms with Crippen LogP contribution in [0.4, 0.5) is 0 Å². The molecular weight excluding hydrogens is 262 g/mol. The van der Waals surface area contributed by atoms with Gasteiger partial charge in [0.2, 0.25) is 0 Å². The van der Waals surface area contributed by atoms with Crippen molar-refractivity contribution in [3.05, 3.63) is 35.4 Å². The Labute approximate surface area is 116 Å². The Morgan fingerprint density at radius 3 is 1.50 bits per heavy atom. The Balaban J connectivity index is 0. The summed E-state index contributed by atoms with van der Waals surface area (Å²) in [4.78, 5) is 20.9. The minimum absolute atomic E-state index is 0.153. The van der Waals surface area contributed by atoms with Gasteiger partial charge in [-0.05, 0) is 12.1 Å². The minimum atomic E-state index is -1.23. The van der Waals surface area contributed by atoms with Crippen molar-refractivity contribution in [2.24, 2.45) is 5.73 Å². The van der Waals surface area contributed by atoms with Gasteiger partial charge in [-0.3, -0.25) is 0 Å². The number of aliphatic hydroxyl groups excluding tert-OH is 1. The van der Waals surface area contributed by atoms with Gasteiger partial charge in [-0.15, -0.1) is 12.8 Å². The molecule has 0 aromatic heterocycles. The molecule has 106 valence electrons. The monoisotopic (exact) mass is 277 g/mol. The van der Waals surface area contributed by atoms with Crippen LogP contribution in [0.1, 0.15) is 20.7 Å². The van der Waals surface area contributed by atoms with Gasteiger partial charge in [0.05, 0.1) is 17.7 Å². The van der Waals surface area contributed by atoms with Crippen molar-refractivity contribution in [2.45, 2.75) is 0 Å². The summed E-state index contributed by atoms with van der Waals surface area (Å²) in [6, 6.07) is 5.48. The third kappa shape index (κ3) is 9.25. The predicted molar refractivity (Wildman–Crippen MR) is 74.2 cm³/mol. The summed E-state index contributed by atoms with van der Waals surface area (Å²) in [5, 5.41) is 24.7. The lowest BCUT2D eigenvalue weighted by Crippen LogP contribution is -2.06. The van der Waals surface area contributed by atoms with Crippen molar-refractivity contribution >= 4 is 11.9 Å². The molecule has 0 aliphatic heterocycles. The number of hydrogen-bond acceptors (Lipinski definition) is 4. The van der Waals surface area contributed by atoms with Crippen LogP contribution < -0.4 is 5.73 Å². The molecule has 0 saturated carbocycles. The van der Waals surface area contributed by atoms with Gasteiger partial charge in [0.25, 0.3) is 0 Å². The van der Waals surface area contributed by atoms with Crippen LogP contribution in [0.25, 0.3) is 0 Å². The molecule has 0 radical (unpaired) electrons. The van der Waals surface area contributed by atoms with E-state index in [9.17, 15) is 9.59 Å². The molecule has 1 aromatic rings. The molecule has 0 spiro atoms. The van der Waals surface area contributed by atoms with E-state index in [4.69, 9.17) is 21.1 Å². The maximum Gasteiger partial charge on any atom is 0.336 e. The maximum absolute atomic E-state index is 10.5. The zero-order valence-electron chi connectivity index (χ0n) is 10.6. The van der Waals surface area contributed by atoms with E-state index in [1.165, 1.54) is 24.3 Å². The number of hydrogen-bond donors (Lipinski definition) is 4. The molecule has 0 unspecified atom stereocenters. The van der Waals surface area contributed by atoms with Gasteiger partial charge in [0.15, 0.2) is 0 Å². The fourth-order valence-electron chi connectivity index (χ4n) is 0.856. The molecule has 0 aliphatic carbocycles. The number of carbonyl (C=O) groups is 2. The number of carboxylic acid groups (broad SMARTS) is 2. The van der Waals surface area contributed by atoms with Crippen molar-refractivity contribution in [3.8, 4) is 24.7 Å². The number of aromatic carboxylic acids is 2. The predicted octanol–water partition coefficient (Wildman–Crippen LogP) is 0.273. The highest BCUT2D eigenvalue weighted by molar-refractivity contribution is 6.01. The Hall–Kier alpha value is -2.80. The molecular formula is C14H15NO5. The lowest BCUT2D eigenvalue weighted by atomic mass is 10.1. The van der Waals surface area contributed by atoms with Crippen molar-refractivity contribution in [1.29, 1.82) is 0 Å². The molecule has 0 atom stereocenters. The first-order chi connectivity index (χ1) is 9.45. The molecule has 6 nitrogen and oxygen atoms in total. The smallest absolute Gasteiger partial charge is 0.336 e. The van der Waals surface area contributed by atoms with E-state index in [0.717, 1.165) is 0 Å². The molecule has 0 saturated heterocycles. The number of terminal acetylenes is 2. The van der Waals surface area contributed by atoms with Crippen LogP contribution in [0, 0.1) is 24.7 Å². The van der Waals surface area contributed by atoms with Gasteiger partial charge in [-0.2, -0.15) is 0 Å². The summed E-state index contributed by atoms with van der Waals surface area (Å²) >= 11 is 0. The number of rotatable bonds is 2. The molecule has 6 heteroatoms. The summed E-state index contributed by atoms with van der Waals surface area (Å²) in [7, 11) is 0. The van der Waals surface area contributed by atoms with Crippen LogP contribution in [0.3, 0.4) is 0 Å². The quantitative estimate of drug-likeness (QED) is 0.576. The van der Waals surface area contributed by atoms with Gasteiger partial charge in [-0.25, -0.2) is 9.59 Å². The first-order valence-corrected chi connectivity index (χ1v) is 5.19. The first kappa shape index (κ1) is 19.5. The Morgan fingerprint density at radius 1 is 1.05 bits per heavy atom. The molecule has 5 N–H and O–H groups in total. The number of nitrogens with two attached hydrogens (primary N) is 1. The highest BCUT2D eigenvalue weighted by atomic mass is 16.4. The van der Waals surface area contributed by atoms with E-state index in [-0.39, 0.29) is 17.7 Å². The van der Waals surface area contributed by atoms with Gasteiger partial charge in [-0.1, -0.05) is 24.0 Å². The van der Waals surface area contributed by atoms with Crippen LogP contribution >= 0.6 is 0 Å². The van der Waals surface area contributed by atoms with E-state index in [2.05, 4.69) is 18.8 Å². The standard InChI is InChI=1S/C8H6O4.C3H5N.C3H4O/c9-7(10)5-3-1-2-4-6(5)8(11)12;2*1-2-3-4/h1-4H,(H,9,10)(H,11,12);1H,3-4H2;1,4H,3H2. The number of benzene rings is 1. The van der Waals surface area contributed by atoms with Crippen LogP contribution in [0.2, 0.25) is 0 Å². The molecule has 0 aliphatic rings. The average molecular weight is 277 g/mol. The maximum atomic E-state index is 10.5. The van der Waals surface area contributed by atoms with E-state index in [0.29, 0.717) is 6.54 Å². The molecule has 0 fully saturated rings. The van der Waals surface area contributed by atoms with Crippen LogP contribution in [0.5, 0.6) is 0 Å².